The normalized spacial score (nSPS) is 12.2. The Kier molecular flexibility index (Phi) is 5.12. The zero-order chi connectivity index (χ0) is 12.0. The smallest absolute Gasteiger partial charge is 0.142 e. The molecule has 2 N–H and O–H groups in total. The summed E-state index contributed by atoms with van der Waals surface area (Å²) in [5.41, 5.74) is 7.03. The van der Waals surface area contributed by atoms with Gasteiger partial charge in [-0.3, -0.25) is 0 Å². The van der Waals surface area contributed by atoms with Crippen molar-refractivity contribution in [2.24, 2.45) is 5.73 Å². The third-order valence-electron chi connectivity index (χ3n) is 2.86. The van der Waals surface area contributed by atoms with Crippen LogP contribution in [0, 0.1) is 0 Å². The summed E-state index contributed by atoms with van der Waals surface area (Å²) in [5.74, 6) is 0.912. The summed E-state index contributed by atoms with van der Waals surface area (Å²) in [7, 11) is 3.77. The Morgan fingerprint density at radius 1 is 1.38 bits per heavy atom. The lowest BCUT2D eigenvalue weighted by Crippen LogP contribution is -2.27. The molecular weight excluding hydrogens is 200 g/mol. The van der Waals surface area contributed by atoms with Crippen molar-refractivity contribution in [2.75, 3.05) is 25.6 Å². The maximum atomic E-state index is 5.91. The second-order valence-corrected chi connectivity index (χ2v) is 4.05. The van der Waals surface area contributed by atoms with Crippen LogP contribution in [0.1, 0.15) is 19.8 Å². The highest BCUT2D eigenvalue weighted by molar-refractivity contribution is 5.57. The van der Waals surface area contributed by atoms with E-state index in [0.717, 1.165) is 30.8 Å². The van der Waals surface area contributed by atoms with Crippen LogP contribution in [0.2, 0.25) is 0 Å². The molecule has 0 aliphatic carbocycles. The molecule has 0 bridgehead atoms. The van der Waals surface area contributed by atoms with Gasteiger partial charge in [-0.05, 0) is 25.0 Å². The standard InChI is InChI=1S/C13H22N2O/c1-4-11(14)9-10-15(2)12-7-5-6-8-13(12)16-3/h5-8,11H,4,9-10,14H2,1-3H3. The summed E-state index contributed by atoms with van der Waals surface area (Å²) in [4.78, 5) is 2.19. The van der Waals surface area contributed by atoms with Crippen LogP contribution in [0.15, 0.2) is 24.3 Å². The van der Waals surface area contributed by atoms with E-state index >= 15 is 0 Å². The number of rotatable bonds is 6. The molecular formula is C13H22N2O. The summed E-state index contributed by atoms with van der Waals surface area (Å²) in [6, 6.07) is 8.33. The molecule has 0 heterocycles. The second kappa shape index (κ2) is 6.38. The minimum atomic E-state index is 0.289. The van der Waals surface area contributed by atoms with Crippen molar-refractivity contribution in [1.29, 1.82) is 0 Å². The van der Waals surface area contributed by atoms with E-state index in [4.69, 9.17) is 10.5 Å². The highest BCUT2D eigenvalue weighted by atomic mass is 16.5. The number of hydrogen-bond donors (Lipinski definition) is 1. The molecule has 0 aliphatic rings. The molecule has 0 amide bonds. The van der Waals surface area contributed by atoms with Crippen LogP contribution in [0.3, 0.4) is 0 Å². The molecule has 0 saturated carbocycles. The largest absolute Gasteiger partial charge is 0.495 e. The third kappa shape index (κ3) is 3.42. The fourth-order valence-electron chi connectivity index (χ4n) is 1.63. The van der Waals surface area contributed by atoms with E-state index in [9.17, 15) is 0 Å². The van der Waals surface area contributed by atoms with Crippen molar-refractivity contribution in [1.82, 2.24) is 0 Å². The van der Waals surface area contributed by atoms with Crippen molar-refractivity contribution in [2.45, 2.75) is 25.8 Å². The Bertz CT molecular complexity index is 315. The van der Waals surface area contributed by atoms with Gasteiger partial charge in [0.2, 0.25) is 0 Å². The summed E-state index contributed by atoms with van der Waals surface area (Å²) in [6.07, 6.45) is 2.03. The molecule has 1 unspecified atom stereocenters. The second-order valence-electron chi connectivity index (χ2n) is 4.05. The molecule has 0 fully saturated rings. The SMILES string of the molecule is CCC(N)CCN(C)c1ccccc1OC. The third-order valence-corrected chi connectivity index (χ3v) is 2.86. The number of ether oxygens (including phenoxy) is 1. The van der Waals surface area contributed by atoms with Gasteiger partial charge in [-0.2, -0.15) is 0 Å². The molecule has 1 aromatic carbocycles. The summed E-state index contributed by atoms with van der Waals surface area (Å²) in [6.45, 7) is 3.07. The van der Waals surface area contributed by atoms with Gasteiger partial charge in [0.05, 0.1) is 12.8 Å². The van der Waals surface area contributed by atoms with Crippen LogP contribution in [0.5, 0.6) is 5.75 Å². The van der Waals surface area contributed by atoms with Gasteiger partial charge in [0.25, 0.3) is 0 Å². The molecule has 1 aromatic rings. The van der Waals surface area contributed by atoms with Crippen molar-refractivity contribution in [3.05, 3.63) is 24.3 Å². The molecule has 3 heteroatoms. The number of methoxy groups -OCH3 is 1. The lowest BCUT2D eigenvalue weighted by Gasteiger charge is -2.22. The van der Waals surface area contributed by atoms with Crippen LogP contribution in [0.25, 0.3) is 0 Å². The number of anilines is 1. The predicted octanol–water partition coefficient (Wildman–Crippen LogP) is 2.26. The van der Waals surface area contributed by atoms with E-state index in [1.165, 1.54) is 0 Å². The lowest BCUT2D eigenvalue weighted by atomic mass is 10.1. The minimum absolute atomic E-state index is 0.289. The van der Waals surface area contributed by atoms with E-state index in [1.54, 1.807) is 7.11 Å². The van der Waals surface area contributed by atoms with E-state index in [-0.39, 0.29) is 6.04 Å². The van der Waals surface area contributed by atoms with Crippen LogP contribution in [0.4, 0.5) is 5.69 Å². The van der Waals surface area contributed by atoms with E-state index in [1.807, 2.05) is 18.2 Å². The number of para-hydroxylation sites is 2. The maximum Gasteiger partial charge on any atom is 0.142 e. The first-order chi connectivity index (χ1) is 7.69. The number of nitrogens with two attached hydrogens (primary N) is 1. The van der Waals surface area contributed by atoms with Crippen LogP contribution >= 0.6 is 0 Å². The number of benzene rings is 1. The molecule has 0 radical (unpaired) electrons. The zero-order valence-corrected chi connectivity index (χ0v) is 10.4. The summed E-state index contributed by atoms with van der Waals surface area (Å²) >= 11 is 0. The Labute approximate surface area is 98.2 Å². The average molecular weight is 222 g/mol. The maximum absolute atomic E-state index is 5.91. The van der Waals surface area contributed by atoms with Crippen molar-refractivity contribution < 1.29 is 4.74 Å². The zero-order valence-electron chi connectivity index (χ0n) is 10.4. The summed E-state index contributed by atoms with van der Waals surface area (Å²) in [5, 5.41) is 0. The first-order valence-corrected chi connectivity index (χ1v) is 5.78. The Hall–Kier alpha value is -1.22. The molecule has 16 heavy (non-hydrogen) atoms. The van der Waals surface area contributed by atoms with E-state index in [0.29, 0.717) is 0 Å². The van der Waals surface area contributed by atoms with E-state index < -0.39 is 0 Å². The Morgan fingerprint density at radius 2 is 2.06 bits per heavy atom. The van der Waals surface area contributed by atoms with Crippen LogP contribution < -0.4 is 15.4 Å². The van der Waals surface area contributed by atoms with Gasteiger partial charge in [0.1, 0.15) is 5.75 Å². The highest BCUT2D eigenvalue weighted by Crippen LogP contribution is 2.26. The van der Waals surface area contributed by atoms with Gasteiger partial charge in [-0.25, -0.2) is 0 Å². The van der Waals surface area contributed by atoms with Gasteiger partial charge in [0, 0.05) is 19.6 Å². The Morgan fingerprint density at radius 3 is 2.69 bits per heavy atom. The van der Waals surface area contributed by atoms with Gasteiger partial charge in [-0.1, -0.05) is 19.1 Å². The van der Waals surface area contributed by atoms with Crippen molar-refractivity contribution in [3.8, 4) is 5.75 Å². The van der Waals surface area contributed by atoms with Crippen LogP contribution in [-0.2, 0) is 0 Å². The average Bonchev–Trinajstić information content (AvgIpc) is 2.35. The first-order valence-electron chi connectivity index (χ1n) is 5.78. The number of hydrogen-bond acceptors (Lipinski definition) is 3. The van der Waals surface area contributed by atoms with E-state index in [2.05, 4.69) is 24.9 Å². The topological polar surface area (TPSA) is 38.5 Å². The Balaban J connectivity index is 2.61. The fourth-order valence-corrected chi connectivity index (χ4v) is 1.63. The predicted molar refractivity (Wildman–Crippen MR) is 69.1 cm³/mol. The van der Waals surface area contributed by atoms with Gasteiger partial charge < -0.3 is 15.4 Å². The molecule has 1 atom stereocenters. The quantitative estimate of drug-likeness (QED) is 0.802. The van der Waals surface area contributed by atoms with Crippen LogP contribution in [-0.4, -0.2) is 26.7 Å². The molecule has 0 spiro atoms. The van der Waals surface area contributed by atoms with Crippen molar-refractivity contribution >= 4 is 5.69 Å². The molecule has 0 aromatic heterocycles. The molecule has 1 rings (SSSR count). The molecule has 0 saturated heterocycles. The molecule has 0 aliphatic heterocycles. The monoisotopic (exact) mass is 222 g/mol. The summed E-state index contributed by atoms with van der Waals surface area (Å²) < 4.78 is 5.33. The number of nitrogens with zero attached hydrogens (tertiary/aromatic N) is 1. The minimum Gasteiger partial charge on any atom is -0.495 e. The van der Waals surface area contributed by atoms with Gasteiger partial charge in [-0.15, -0.1) is 0 Å². The lowest BCUT2D eigenvalue weighted by molar-refractivity contribution is 0.414. The first kappa shape index (κ1) is 12.8. The van der Waals surface area contributed by atoms with Gasteiger partial charge >= 0.3 is 0 Å². The molecule has 3 nitrogen and oxygen atoms in total. The highest BCUT2D eigenvalue weighted by Gasteiger charge is 2.08. The van der Waals surface area contributed by atoms with Gasteiger partial charge in [0.15, 0.2) is 0 Å². The molecule has 90 valence electrons. The fraction of sp³-hybridized carbons (Fsp3) is 0.538. The van der Waals surface area contributed by atoms with Crippen molar-refractivity contribution in [3.63, 3.8) is 0 Å².